The molecule has 1 aliphatic rings. The van der Waals surface area contributed by atoms with Gasteiger partial charge in [0.25, 0.3) is 0 Å². The number of hydrogen-bond donors (Lipinski definition) is 1. The number of hydrogen-bond acceptors (Lipinski definition) is 4. The smallest absolute Gasteiger partial charge is 0.374 e. The van der Waals surface area contributed by atoms with Crippen LogP contribution in [0.4, 0.5) is 0 Å². The van der Waals surface area contributed by atoms with E-state index in [-0.39, 0.29) is 18.5 Å². The van der Waals surface area contributed by atoms with Gasteiger partial charge in [0.1, 0.15) is 17.4 Å². The summed E-state index contributed by atoms with van der Waals surface area (Å²) in [6.45, 7) is 2.50. The van der Waals surface area contributed by atoms with Crippen molar-refractivity contribution >= 4 is 17.0 Å². The molecule has 2 aromatic carbocycles. The monoisotopic (exact) mass is 415 g/mol. The molecule has 1 saturated heterocycles. The van der Waals surface area contributed by atoms with Crippen LogP contribution in [0.3, 0.4) is 0 Å². The van der Waals surface area contributed by atoms with E-state index in [1.165, 1.54) is 0 Å². The highest BCUT2D eigenvalue weighted by atomic mass is 35.5. The third-order valence-electron chi connectivity index (χ3n) is 5.19. The number of esters is 1. The van der Waals surface area contributed by atoms with Crippen molar-refractivity contribution in [3.8, 4) is 5.75 Å². The predicted molar refractivity (Wildman–Crippen MR) is 106 cm³/mol. The van der Waals surface area contributed by atoms with Crippen LogP contribution in [0.25, 0.3) is 11.0 Å². The number of benzene rings is 2. The van der Waals surface area contributed by atoms with E-state index in [4.69, 9.17) is 9.47 Å². The topological polar surface area (TPSA) is 70.0 Å². The molecule has 0 atom stereocenters. The number of nitrogens with two attached hydrogens (primary N) is 1. The number of carbonyl (C=O) groups excluding carboxylic acids is 1. The second kappa shape index (κ2) is 9.76. The van der Waals surface area contributed by atoms with Gasteiger partial charge in [0.15, 0.2) is 0 Å². The van der Waals surface area contributed by atoms with Crippen molar-refractivity contribution in [1.29, 1.82) is 0 Å². The minimum atomic E-state index is -0.409. The fourth-order valence-electron chi connectivity index (χ4n) is 3.68. The summed E-state index contributed by atoms with van der Waals surface area (Å²) in [4.78, 5) is 17.1. The molecule has 1 aliphatic heterocycles. The van der Waals surface area contributed by atoms with Gasteiger partial charge in [-0.15, -0.1) is 0 Å². The van der Waals surface area contributed by atoms with Crippen molar-refractivity contribution < 1.29 is 32.0 Å². The zero-order valence-electron chi connectivity index (χ0n) is 16.5. The molecule has 0 aliphatic carbocycles. The number of quaternary nitrogens is 1. The second-order valence-corrected chi connectivity index (χ2v) is 7.17. The lowest BCUT2D eigenvalue weighted by Crippen LogP contribution is -3.00. The molecule has 1 aromatic heterocycles. The summed E-state index contributed by atoms with van der Waals surface area (Å²) in [6.07, 6.45) is 2.96. The molecule has 154 valence electrons. The number of fused-ring (bicyclic) bond motifs is 1. The largest absolute Gasteiger partial charge is 1.00 e. The van der Waals surface area contributed by atoms with Crippen molar-refractivity contribution in [3.05, 3.63) is 59.9 Å². The lowest BCUT2D eigenvalue weighted by molar-refractivity contribution is -0.664. The van der Waals surface area contributed by atoms with Crippen LogP contribution in [0.1, 0.15) is 29.0 Å². The molecule has 0 radical (unpaired) electrons. The van der Waals surface area contributed by atoms with E-state index in [1.54, 1.807) is 4.57 Å². The Morgan fingerprint density at radius 2 is 1.90 bits per heavy atom. The van der Waals surface area contributed by atoms with Gasteiger partial charge in [-0.25, -0.2) is 9.78 Å². The van der Waals surface area contributed by atoms with Gasteiger partial charge in [-0.3, -0.25) is 0 Å². The Kier molecular flexibility index (Phi) is 7.12. The maximum atomic E-state index is 12.6. The number of aryl methyl sites for hydroxylation is 1. The molecular formula is C22H26ClN3O3. The summed E-state index contributed by atoms with van der Waals surface area (Å²) in [5.74, 6) is 0.673. The van der Waals surface area contributed by atoms with Gasteiger partial charge in [0.2, 0.25) is 5.82 Å². The molecule has 1 fully saturated rings. The van der Waals surface area contributed by atoms with Gasteiger partial charge >= 0.3 is 5.97 Å². The van der Waals surface area contributed by atoms with Crippen LogP contribution >= 0.6 is 0 Å². The first-order chi connectivity index (χ1) is 13.7. The van der Waals surface area contributed by atoms with Crippen LogP contribution in [0.2, 0.25) is 0 Å². The van der Waals surface area contributed by atoms with Crippen molar-refractivity contribution in [1.82, 2.24) is 9.55 Å². The molecule has 29 heavy (non-hydrogen) atoms. The van der Waals surface area contributed by atoms with Gasteiger partial charge < -0.3 is 31.8 Å². The Labute approximate surface area is 176 Å². The normalized spacial score (nSPS) is 14.4. The summed E-state index contributed by atoms with van der Waals surface area (Å²) in [5, 5.41) is 2.31. The molecule has 2 N–H and O–H groups in total. The second-order valence-electron chi connectivity index (χ2n) is 7.17. The number of ether oxygens (including phenoxy) is 2. The number of nitrogens with zero attached hydrogens (tertiary/aromatic N) is 2. The van der Waals surface area contributed by atoms with Crippen LogP contribution in [0.5, 0.6) is 5.75 Å². The molecule has 0 bridgehead atoms. The number of para-hydroxylation sites is 1. The molecule has 0 spiro atoms. The van der Waals surface area contributed by atoms with E-state index < -0.39 is 5.97 Å². The molecule has 2 heterocycles. The van der Waals surface area contributed by atoms with Gasteiger partial charge in [0.05, 0.1) is 25.2 Å². The Morgan fingerprint density at radius 3 is 2.66 bits per heavy atom. The third-order valence-corrected chi connectivity index (χ3v) is 5.19. The van der Waals surface area contributed by atoms with Crippen LogP contribution in [-0.4, -0.2) is 41.3 Å². The summed E-state index contributed by atoms with van der Waals surface area (Å²) in [5.41, 5.74) is 2.73. The van der Waals surface area contributed by atoms with E-state index in [9.17, 15) is 4.79 Å². The van der Waals surface area contributed by atoms with Crippen molar-refractivity contribution in [2.24, 2.45) is 7.05 Å². The van der Waals surface area contributed by atoms with E-state index in [0.29, 0.717) is 18.9 Å². The average molecular weight is 416 g/mol. The number of halogens is 1. The highest BCUT2D eigenvalue weighted by Crippen LogP contribution is 2.28. The first-order valence-corrected chi connectivity index (χ1v) is 9.87. The summed E-state index contributed by atoms with van der Waals surface area (Å²) < 4.78 is 13.5. The van der Waals surface area contributed by atoms with E-state index in [2.05, 4.69) is 10.3 Å². The fraction of sp³-hybridized carbons (Fsp3) is 0.364. The average Bonchev–Trinajstić information content (AvgIpc) is 3.07. The molecule has 7 heteroatoms. The predicted octanol–water partition coefficient (Wildman–Crippen LogP) is -0.919. The van der Waals surface area contributed by atoms with Crippen molar-refractivity contribution in [2.45, 2.75) is 25.4 Å². The summed E-state index contributed by atoms with van der Waals surface area (Å²) in [6, 6.07) is 15.8. The highest BCUT2D eigenvalue weighted by Gasteiger charge is 2.22. The van der Waals surface area contributed by atoms with Gasteiger partial charge in [-0.2, -0.15) is 0 Å². The Balaban J connectivity index is 0.00000240. The fourth-order valence-corrected chi connectivity index (χ4v) is 3.68. The number of piperidine rings is 1. The zero-order valence-corrected chi connectivity index (χ0v) is 17.3. The van der Waals surface area contributed by atoms with E-state index in [0.717, 1.165) is 48.3 Å². The maximum Gasteiger partial charge on any atom is 0.374 e. The molecule has 0 amide bonds. The molecule has 4 rings (SSSR count). The van der Waals surface area contributed by atoms with E-state index >= 15 is 0 Å². The van der Waals surface area contributed by atoms with Crippen LogP contribution in [0, 0.1) is 0 Å². The van der Waals surface area contributed by atoms with Crippen LogP contribution < -0.4 is 22.5 Å². The van der Waals surface area contributed by atoms with Crippen LogP contribution in [0.15, 0.2) is 48.5 Å². The Hall–Kier alpha value is -2.57. The number of rotatable bonds is 6. The molecular weight excluding hydrogens is 390 g/mol. The SMILES string of the molecule is Cn1c(C(=O)OCCc2ccccc2)nc2cccc(OC3CC[NH2+]CC3)c21.[Cl-]. The number of aromatic nitrogens is 2. The lowest BCUT2D eigenvalue weighted by atomic mass is 10.1. The van der Waals surface area contributed by atoms with Crippen LogP contribution in [-0.2, 0) is 18.2 Å². The molecule has 3 aromatic rings. The minimum Gasteiger partial charge on any atom is -1.00 e. The zero-order chi connectivity index (χ0) is 19.3. The van der Waals surface area contributed by atoms with Gasteiger partial charge in [-0.1, -0.05) is 36.4 Å². The molecule has 0 saturated carbocycles. The van der Waals surface area contributed by atoms with Crippen molar-refractivity contribution in [3.63, 3.8) is 0 Å². The quantitative estimate of drug-likeness (QED) is 0.529. The molecule has 0 unspecified atom stereocenters. The Morgan fingerprint density at radius 1 is 1.14 bits per heavy atom. The third kappa shape index (κ3) is 4.89. The Bertz CT molecular complexity index is 953. The first kappa shape index (κ1) is 21.1. The summed E-state index contributed by atoms with van der Waals surface area (Å²) >= 11 is 0. The van der Waals surface area contributed by atoms with Gasteiger partial charge in [-0.05, 0) is 17.7 Å². The number of carbonyl (C=O) groups is 1. The van der Waals surface area contributed by atoms with E-state index in [1.807, 2.05) is 55.6 Å². The summed E-state index contributed by atoms with van der Waals surface area (Å²) in [7, 11) is 1.84. The first-order valence-electron chi connectivity index (χ1n) is 9.87. The lowest BCUT2D eigenvalue weighted by Gasteiger charge is -2.22. The minimum absolute atomic E-state index is 0. The number of imidazole rings is 1. The maximum absolute atomic E-state index is 12.6. The van der Waals surface area contributed by atoms with Crippen molar-refractivity contribution in [2.75, 3.05) is 19.7 Å². The highest BCUT2D eigenvalue weighted by molar-refractivity contribution is 5.93. The standard InChI is InChI=1S/C22H25N3O3.ClH/c1-25-20-18(8-5-9-19(20)28-17-10-13-23-14-11-17)24-21(25)22(26)27-15-12-16-6-3-2-4-7-16;/h2-9,17,23H,10-15H2,1H3;1H. The molecule has 6 nitrogen and oxygen atoms in total. The van der Waals surface area contributed by atoms with Gasteiger partial charge in [0, 0.05) is 26.3 Å².